The van der Waals surface area contributed by atoms with Gasteiger partial charge in [-0.3, -0.25) is 18.9 Å². The van der Waals surface area contributed by atoms with Gasteiger partial charge in [-0.25, -0.2) is 4.79 Å². The maximum Gasteiger partial charge on any atom is 0.329 e. The molecule has 2 aliphatic rings. The first kappa shape index (κ1) is 25.8. The summed E-state index contributed by atoms with van der Waals surface area (Å²) in [5, 5.41) is 0.978. The fourth-order valence-corrected chi connectivity index (χ4v) is 6.24. The second kappa shape index (κ2) is 10.9. The molecule has 0 radical (unpaired) electrons. The number of halogens is 2. The molecule has 194 valence electrons. The number of hydrogen-bond donors (Lipinski definition) is 0. The first-order valence-electron chi connectivity index (χ1n) is 13.0. The largest absolute Gasteiger partial charge is 0.379 e. The Bertz CT molecular complexity index is 1280. The van der Waals surface area contributed by atoms with Crippen molar-refractivity contribution in [3.05, 3.63) is 67.0 Å². The Morgan fingerprint density at radius 3 is 2.08 bits per heavy atom. The molecule has 1 aromatic heterocycles. The van der Waals surface area contributed by atoms with Crippen LogP contribution in [0.3, 0.4) is 0 Å². The van der Waals surface area contributed by atoms with Crippen molar-refractivity contribution in [2.24, 2.45) is 0 Å². The van der Waals surface area contributed by atoms with Crippen LogP contribution in [0.4, 0.5) is 0 Å². The van der Waals surface area contributed by atoms with Crippen molar-refractivity contribution in [1.82, 2.24) is 18.9 Å². The number of imidazole rings is 1. The lowest BCUT2D eigenvalue weighted by Gasteiger charge is -2.33. The van der Waals surface area contributed by atoms with Gasteiger partial charge >= 0.3 is 5.69 Å². The molecule has 0 unspecified atom stereocenters. The number of hydrogen-bond acceptors (Lipinski definition) is 4. The fourth-order valence-electron chi connectivity index (χ4n) is 5.92. The normalized spacial score (nSPS) is 18.4. The highest BCUT2D eigenvalue weighted by Gasteiger charge is 2.27. The van der Waals surface area contributed by atoms with Crippen LogP contribution in [-0.4, -0.2) is 64.9 Å². The highest BCUT2D eigenvalue weighted by molar-refractivity contribution is 6.42. The molecule has 36 heavy (non-hydrogen) atoms. The topological polar surface area (TPSA) is 42.6 Å². The van der Waals surface area contributed by atoms with E-state index in [0.717, 1.165) is 76.4 Å². The third kappa shape index (κ3) is 5.25. The third-order valence-electron chi connectivity index (χ3n) is 7.89. The van der Waals surface area contributed by atoms with Crippen molar-refractivity contribution in [2.75, 3.05) is 45.9 Å². The molecule has 0 N–H and O–H groups in total. The van der Waals surface area contributed by atoms with Crippen molar-refractivity contribution >= 4 is 34.2 Å². The van der Waals surface area contributed by atoms with E-state index in [1.165, 1.54) is 22.3 Å². The summed E-state index contributed by atoms with van der Waals surface area (Å²) in [6.07, 6.45) is 1.87. The summed E-state index contributed by atoms with van der Waals surface area (Å²) in [4.78, 5) is 18.6. The number of likely N-dealkylation sites (tertiary alicyclic amines) is 1. The fraction of sp³-hybridized carbons (Fsp3) is 0.536. The first-order valence-corrected chi connectivity index (χ1v) is 13.8. The number of piperidine rings is 1. The Kier molecular flexibility index (Phi) is 7.80. The van der Waals surface area contributed by atoms with Crippen molar-refractivity contribution < 1.29 is 4.74 Å². The van der Waals surface area contributed by atoms with Gasteiger partial charge in [0.2, 0.25) is 0 Å². The van der Waals surface area contributed by atoms with Gasteiger partial charge in [-0.2, -0.15) is 0 Å². The van der Waals surface area contributed by atoms with Gasteiger partial charge in [-0.05, 0) is 62.4 Å². The van der Waals surface area contributed by atoms with E-state index < -0.39 is 0 Å². The maximum absolute atomic E-state index is 13.8. The van der Waals surface area contributed by atoms with E-state index in [1.807, 2.05) is 21.3 Å². The summed E-state index contributed by atoms with van der Waals surface area (Å²) in [7, 11) is 0. The molecule has 2 saturated heterocycles. The van der Waals surface area contributed by atoms with E-state index in [4.69, 9.17) is 27.9 Å². The third-order valence-corrected chi connectivity index (χ3v) is 8.61. The zero-order chi connectivity index (χ0) is 25.4. The average Bonchev–Trinajstić information content (AvgIpc) is 3.11. The molecular formula is C28H36Cl2N4O2. The Morgan fingerprint density at radius 2 is 1.44 bits per heavy atom. The van der Waals surface area contributed by atoms with E-state index >= 15 is 0 Å². The smallest absolute Gasteiger partial charge is 0.329 e. The first-order chi connectivity index (χ1) is 17.3. The molecule has 0 amide bonds. The van der Waals surface area contributed by atoms with Gasteiger partial charge in [0.25, 0.3) is 0 Å². The molecule has 0 spiro atoms. The average molecular weight is 532 g/mol. The zero-order valence-corrected chi connectivity index (χ0v) is 23.0. The van der Waals surface area contributed by atoms with Gasteiger partial charge in [-0.1, -0.05) is 40.9 Å². The number of rotatable bonds is 6. The Hall–Kier alpha value is -1.83. The summed E-state index contributed by atoms with van der Waals surface area (Å²) in [6.45, 7) is 14.2. The highest BCUT2D eigenvalue weighted by Crippen LogP contribution is 2.32. The number of ether oxygens (including phenoxy) is 1. The van der Waals surface area contributed by atoms with Crippen molar-refractivity contribution in [1.29, 1.82) is 0 Å². The Balaban J connectivity index is 1.37. The summed E-state index contributed by atoms with van der Waals surface area (Å²) < 4.78 is 9.34. The van der Waals surface area contributed by atoms with Crippen molar-refractivity contribution in [2.45, 2.75) is 52.7 Å². The minimum absolute atomic E-state index is 0.0419. The maximum atomic E-state index is 13.8. The summed E-state index contributed by atoms with van der Waals surface area (Å²) >= 11 is 12.8. The highest BCUT2D eigenvalue weighted by atomic mass is 35.5. The number of fused-ring (bicyclic) bond motifs is 1. The van der Waals surface area contributed by atoms with Crippen molar-refractivity contribution in [3.63, 3.8) is 0 Å². The second-order valence-electron chi connectivity index (χ2n) is 10.4. The van der Waals surface area contributed by atoms with Crippen LogP contribution < -0.4 is 5.69 Å². The Morgan fingerprint density at radius 1 is 0.833 bits per heavy atom. The molecule has 5 rings (SSSR count). The van der Waals surface area contributed by atoms with Crippen LogP contribution in [0.15, 0.2) is 29.1 Å². The van der Waals surface area contributed by atoms with E-state index in [-0.39, 0.29) is 11.7 Å². The molecule has 2 aliphatic heterocycles. The lowest BCUT2D eigenvalue weighted by molar-refractivity contribution is 0.0364. The van der Waals surface area contributed by atoms with Crippen LogP contribution in [0.5, 0.6) is 0 Å². The number of benzene rings is 2. The summed E-state index contributed by atoms with van der Waals surface area (Å²) in [6, 6.07) is 8.43. The van der Waals surface area contributed by atoms with Crippen LogP contribution in [0, 0.1) is 20.8 Å². The molecule has 0 aliphatic carbocycles. The van der Waals surface area contributed by atoms with E-state index in [0.29, 0.717) is 16.6 Å². The van der Waals surface area contributed by atoms with E-state index in [9.17, 15) is 4.79 Å². The zero-order valence-electron chi connectivity index (χ0n) is 21.5. The molecule has 8 heteroatoms. The number of morpholine rings is 1. The number of nitrogens with zero attached hydrogens (tertiary/aromatic N) is 4. The predicted octanol–water partition coefficient (Wildman–Crippen LogP) is 5.20. The van der Waals surface area contributed by atoms with Crippen LogP contribution >= 0.6 is 23.2 Å². The van der Waals surface area contributed by atoms with E-state index in [2.05, 4.69) is 42.7 Å². The van der Waals surface area contributed by atoms with Gasteiger partial charge in [0.05, 0.1) is 34.3 Å². The van der Waals surface area contributed by atoms with Crippen LogP contribution in [-0.2, 0) is 17.8 Å². The lowest BCUT2D eigenvalue weighted by Crippen LogP contribution is -2.40. The standard InChI is InChI=1S/C28H36Cl2N4O2/c1-19-14-20(2)23(21(3)15-19)18-32-6-4-22(5-7-32)34-27-17-25(30)24(29)16-26(27)33(28(34)35)9-8-31-10-12-36-13-11-31/h14-17,22H,4-13,18H2,1-3H3. The van der Waals surface area contributed by atoms with Gasteiger partial charge in [0.1, 0.15) is 0 Å². The van der Waals surface area contributed by atoms with Crippen molar-refractivity contribution in [3.8, 4) is 0 Å². The molecule has 3 heterocycles. The summed E-state index contributed by atoms with van der Waals surface area (Å²) in [5.74, 6) is 0. The van der Waals surface area contributed by atoms with Gasteiger partial charge < -0.3 is 4.74 Å². The SMILES string of the molecule is Cc1cc(C)c(CN2CCC(n3c(=O)n(CCN4CCOCC4)c4cc(Cl)c(Cl)cc43)CC2)c(C)c1. The molecule has 6 nitrogen and oxygen atoms in total. The lowest BCUT2D eigenvalue weighted by atomic mass is 9.97. The van der Waals surface area contributed by atoms with Crippen LogP contribution in [0.25, 0.3) is 11.0 Å². The monoisotopic (exact) mass is 530 g/mol. The van der Waals surface area contributed by atoms with Crippen LogP contribution in [0.2, 0.25) is 10.0 Å². The van der Waals surface area contributed by atoms with Crippen LogP contribution in [0.1, 0.15) is 41.1 Å². The number of aromatic nitrogens is 2. The van der Waals surface area contributed by atoms with E-state index in [1.54, 1.807) is 0 Å². The minimum atomic E-state index is 0.0419. The second-order valence-corrected chi connectivity index (χ2v) is 11.2. The molecule has 0 atom stereocenters. The van der Waals surface area contributed by atoms with Gasteiger partial charge in [-0.15, -0.1) is 0 Å². The molecule has 0 saturated carbocycles. The van der Waals surface area contributed by atoms with Gasteiger partial charge in [0, 0.05) is 51.9 Å². The molecule has 2 fully saturated rings. The number of aryl methyl sites for hydroxylation is 3. The summed E-state index contributed by atoms with van der Waals surface area (Å²) in [5.41, 5.74) is 7.27. The molecule has 2 aromatic carbocycles. The quantitative estimate of drug-likeness (QED) is 0.439. The Labute approximate surface area is 223 Å². The predicted molar refractivity (Wildman–Crippen MR) is 148 cm³/mol. The van der Waals surface area contributed by atoms with Gasteiger partial charge in [0.15, 0.2) is 0 Å². The molecular weight excluding hydrogens is 495 g/mol. The molecule has 0 bridgehead atoms. The molecule has 3 aromatic rings. The minimum Gasteiger partial charge on any atom is -0.379 e.